The Morgan fingerprint density at radius 3 is 2.71 bits per heavy atom. The Balaban J connectivity index is 1.48. The minimum absolute atomic E-state index is 0.0573. The van der Waals surface area contributed by atoms with Gasteiger partial charge in [-0.15, -0.1) is 20.4 Å². The number of urea groups is 1. The molecule has 0 bridgehead atoms. The van der Waals surface area contributed by atoms with Gasteiger partial charge in [0.2, 0.25) is 0 Å². The van der Waals surface area contributed by atoms with Crippen LogP contribution in [0.25, 0.3) is 21.5 Å². The van der Waals surface area contributed by atoms with Crippen LogP contribution in [0.4, 0.5) is 19.4 Å². The second kappa shape index (κ2) is 8.39. The molecule has 3 aromatic rings. The molecule has 1 atom stereocenters. The Labute approximate surface area is 182 Å². The Kier molecular flexibility index (Phi) is 5.80. The van der Waals surface area contributed by atoms with Crippen molar-refractivity contribution in [2.24, 2.45) is 0 Å². The summed E-state index contributed by atoms with van der Waals surface area (Å²) < 4.78 is 28.9. The Bertz CT molecular complexity index is 1100. The number of likely N-dealkylation sites (tertiary alicyclic amines) is 1. The number of halogens is 2. The predicted octanol–water partition coefficient (Wildman–Crippen LogP) is 3.70. The van der Waals surface area contributed by atoms with E-state index in [0.29, 0.717) is 5.52 Å². The topological polar surface area (TPSA) is 95.9 Å². The lowest BCUT2D eigenvalue weighted by atomic mass is 10.0. The number of benzene rings is 1. The van der Waals surface area contributed by atoms with Gasteiger partial charge in [0, 0.05) is 23.5 Å². The van der Waals surface area contributed by atoms with Gasteiger partial charge in [0.15, 0.2) is 5.82 Å². The van der Waals surface area contributed by atoms with Gasteiger partial charge in [-0.1, -0.05) is 25.2 Å². The molecule has 11 heteroatoms. The van der Waals surface area contributed by atoms with Gasteiger partial charge in [0.05, 0.1) is 18.1 Å². The number of nitrogens with zero attached hydrogens (tertiary/aromatic N) is 5. The SMILES string of the molecule is Cc1nnc(-c2ccc3nnc(NC(=O)N4CCC(NC(C)C)C(F)(F)C4)cc3c2)s1. The minimum Gasteiger partial charge on any atom is -0.318 e. The summed E-state index contributed by atoms with van der Waals surface area (Å²) in [6.07, 6.45) is 0.173. The molecule has 3 heterocycles. The van der Waals surface area contributed by atoms with Crippen LogP contribution in [0.2, 0.25) is 0 Å². The number of aryl methyl sites for hydroxylation is 1. The summed E-state index contributed by atoms with van der Waals surface area (Å²) in [4.78, 5) is 13.7. The lowest BCUT2D eigenvalue weighted by Gasteiger charge is -2.39. The normalized spacial score (nSPS) is 18.5. The highest BCUT2D eigenvalue weighted by Crippen LogP contribution is 2.29. The summed E-state index contributed by atoms with van der Waals surface area (Å²) in [5, 5.41) is 24.2. The molecule has 2 amide bonds. The van der Waals surface area contributed by atoms with Gasteiger partial charge >= 0.3 is 6.03 Å². The predicted molar refractivity (Wildman–Crippen MR) is 115 cm³/mol. The highest BCUT2D eigenvalue weighted by Gasteiger charge is 2.46. The largest absolute Gasteiger partial charge is 0.323 e. The molecule has 0 radical (unpaired) electrons. The number of nitrogens with one attached hydrogen (secondary N) is 2. The third kappa shape index (κ3) is 4.77. The molecule has 0 saturated carbocycles. The smallest absolute Gasteiger partial charge is 0.318 e. The molecule has 4 rings (SSSR count). The fourth-order valence-electron chi connectivity index (χ4n) is 3.56. The van der Waals surface area contributed by atoms with Crippen molar-refractivity contribution in [3.63, 3.8) is 0 Å². The lowest BCUT2D eigenvalue weighted by Crippen LogP contribution is -2.60. The van der Waals surface area contributed by atoms with Crippen LogP contribution in [0, 0.1) is 6.92 Å². The lowest BCUT2D eigenvalue weighted by molar-refractivity contribution is -0.0804. The van der Waals surface area contributed by atoms with Crippen LogP contribution in [-0.2, 0) is 0 Å². The van der Waals surface area contributed by atoms with Gasteiger partial charge in [-0.2, -0.15) is 0 Å². The first kappa shape index (κ1) is 21.4. The highest BCUT2D eigenvalue weighted by atomic mass is 32.1. The molecule has 31 heavy (non-hydrogen) atoms. The molecular weight excluding hydrogens is 424 g/mol. The average molecular weight is 448 g/mol. The summed E-state index contributed by atoms with van der Waals surface area (Å²) in [6, 6.07) is 5.63. The standard InChI is InChI=1S/C20H23F2N7OS/c1-11(2)23-16-6-7-29(10-20(16,21)22)19(30)24-17-9-14-8-13(4-5-15(14)26-27-17)18-28-25-12(3)31-18/h4-5,8-9,11,16,23H,6-7,10H2,1-3H3,(H,24,27,30). The minimum atomic E-state index is -3.01. The van der Waals surface area contributed by atoms with Crippen molar-refractivity contribution in [2.45, 2.75) is 45.2 Å². The third-order valence-electron chi connectivity index (χ3n) is 5.01. The van der Waals surface area contributed by atoms with E-state index in [9.17, 15) is 13.6 Å². The molecule has 2 aromatic heterocycles. The molecule has 1 fully saturated rings. The van der Waals surface area contributed by atoms with Crippen LogP contribution in [0.5, 0.6) is 0 Å². The zero-order valence-corrected chi connectivity index (χ0v) is 18.2. The maximum atomic E-state index is 14.5. The molecule has 0 spiro atoms. The second-order valence-electron chi connectivity index (χ2n) is 7.90. The van der Waals surface area contributed by atoms with E-state index in [1.165, 1.54) is 11.3 Å². The molecule has 8 nitrogen and oxygen atoms in total. The number of alkyl halides is 2. The van der Waals surface area contributed by atoms with Crippen molar-refractivity contribution in [2.75, 3.05) is 18.4 Å². The summed E-state index contributed by atoms with van der Waals surface area (Å²) in [6.45, 7) is 5.11. The van der Waals surface area contributed by atoms with Crippen LogP contribution < -0.4 is 10.6 Å². The van der Waals surface area contributed by atoms with Crippen LogP contribution in [0.1, 0.15) is 25.3 Å². The van der Waals surface area contributed by atoms with Crippen molar-refractivity contribution in [3.05, 3.63) is 29.3 Å². The molecule has 0 aliphatic carbocycles. The van der Waals surface area contributed by atoms with Gasteiger partial charge in [-0.25, -0.2) is 13.6 Å². The van der Waals surface area contributed by atoms with Crippen molar-refractivity contribution >= 4 is 34.1 Å². The highest BCUT2D eigenvalue weighted by molar-refractivity contribution is 7.14. The maximum Gasteiger partial charge on any atom is 0.323 e. The number of fused-ring (bicyclic) bond motifs is 1. The van der Waals surface area contributed by atoms with E-state index in [0.717, 1.165) is 25.9 Å². The zero-order chi connectivity index (χ0) is 22.2. The van der Waals surface area contributed by atoms with E-state index in [2.05, 4.69) is 31.0 Å². The van der Waals surface area contributed by atoms with E-state index in [4.69, 9.17) is 0 Å². The molecular formula is C20H23F2N7OS. The first-order valence-electron chi connectivity index (χ1n) is 9.99. The van der Waals surface area contributed by atoms with Crippen LogP contribution >= 0.6 is 11.3 Å². The number of hydrogen-bond donors (Lipinski definition) is 2. The van der Waals surface area contributed by atoms with Crippen molar-refractivity contribution in [1.82, 2.24) is 30.6 Å². The van der Waals surface area contributed by atoms with E-state index < -0.39 is 24.5 Å². The molecule has 2 N–H and O–H groups in total. The van der Waals surface area contributed by atoms with Gasteiger partial charge < -0.3 is 10.2 Å². The number of hydrogen-bond acceptors (Lipinski definition) is 7. The number of carbonyl (C=O) groups excluding carboxylic acids is 1. The van der Waals surface area contributed by atoms with E-state index >= 15 is 0 Å². The number of aromatic nitrogens is 4. The third-order valence-corrected chi connectivity index (χ3v) is 5.90. The fraction of sp³-hybridized carbons (Fsp3) is 0.450. The quantitative estimate of drug-likeness (QED) is 0.633. The monoisotopic (exact) mass is 447 g/mol. The Morgan fingerprint density at radius 2 is 2.03 bits per heavy atom. The van der Waals surface area contributed by atoms with E-state index in [1.807, 2.05) is 39.0 Å². The Hall–Kier alpha value is -2.79. The fourth-order valence-corrected chi connectivity index (χ4v) is 4.25. The number of carbonyl (C=O) groups is 1. The molecule has 1 unspecified atom stereocenters. The zero-order valence-electron chi connectivity index (χ0n) is 17.4. The molecule has 1 aliphatic rings. The average Bonchev–Trinajstić information content (AvgIpc) is 3.15. The van der Waals surface area contributed by atoms with Gasteiger partial charge in [-0.3, -0.25) is 5.32 Å². The first-order chi connectivity index (χ1) is 14.7. The number of rotatable bonds is 4. The van der Waals surface area contributed by atoms with E-state index in [1.54, 1.807) is 6.07 Å². The molecule has 1 aromatic carbocycles. The van der Waals surface area contributed by atoms with Gasteiger partial charge in [-0.05, 0) is 37.6 Å². The summed E-state index contributed by atoms with van der Waals surface area (Å²) in [7, 11) is 0. The van der Waals surface area contributed by atoms with Crippen molar-refractivity contribution in [1.29, 1.82) is 0 Å². The van der Waals surface area contributed by atoms with Crippen molar-refractivity contribution in [3.8, 4) is 10.6 Å². The maximum absolute atomic E-state index is 14.5. The molecule has 1 aliphatic heterocycles. The van der Waals surface area contributed by atoms with Crippen LogP contribution in [0.3, 0.4) is 0 Å². The van der Waals surface area contributed by atoms with Gasteiger partial charge in [0.25, 0.3) is 5.92 Å². The number of piperidine rings is 1. The van der Waals surface area contributed by atoms with Gasteiger partial charge in [0.1, 0.15) is 10.0 Å². The summed E-state index contributed by atoms with van der Waals surface area (Å²) in [5.74, 6) is -2.81. The molecule has 1 saturated heterocycles. The van der Waals surface area contributed by atoms with Crippen LogP contribution in [0.15, 0.2) is 24.3 Å². The first-order valence-corrected chi connectivity index (χ1v) is 10.8. The summed E-state index contributed by atoms with van der Waals surface area (Å²) in [5.41, 5.74) is 1.53. The Morgan fingerprint density at radius 1 is 1.23 bits per heavy atom. The second-order valence-corrected chi connectivity index (χ2v) is 9.09. The van der Waals surface area contributed by atoms with Crippen LogP contribution in [-0.4, -0.2) is 62.4 Å². The van der Waals surface area contributed by atoms with E-state index in [-0.39, 0.29) is 24.8 Å². The van der Waals surface area contributed by atoms with Crippen molar-refractivity contribution < 1.29 is 13.6 Å². The number of amides is 2. The number of anilines is 1. The molecule has 164 valence electrons. The summed E-state index contributed by atoms with van der Waals surface area (Å²) >= 11 is 1.48.